The van der Waals surface area contributed by atoms with E-state index in [4.69, 9.17) is 9.90 Å². The Morgan fingerprint density at radius 1 is 1.00 bits per heavy atom. The van der Waals surface area contributed by atoms with Crippen molar-refractivity contribution in [1.29, 1.82) is 0 Å². The van der Waals surface area contributed by atoms with Gasteiger partial charge >= 0.3 is 12.1 Å². The van der Waals surface area contributed by atoms with Gasteiger partial charge in [-0.2, -0.15) is 13.2 Å². The molecule has 3 aromatic rings. The number of fused-ring (bicyclic) bond motifs is 1. The molecule has 1 saturated heterocycles. The molecule has 0 radical (unpaired) electrons. The highest BCUT2D eigenvalue weighted by Crippen LogP contribution is 2.26. The van der Waals surface area contributed by atoms with Crippen molar-refractivity contribution < 1.29 is 27.9 Å². The van der Waals surface area contributed by atoms with Crippen LogP contribution in [-0.4, -0.2) is 65.7 Å². The van der Waals surface area contributed by atoms with Gasteiger partial charge in [0.05, 0.1) is 4.88 Å². The summed E-state index contributed by atoms with van der Waals surface area (Å²) in [5.41, 5.74) is 2.12. The summed E-state index contributed by atoms with van der Waals surface area (Å²) in [5.74, 6) is -2.07. The summed E-state index contributed by atoms with van der Waals surface area (Å²) < 4.78 is 32.9. The molecule has 2 heterocycles. The number of anilines is 1. The number of nitrogens with one attached hydrogen (secondary N) is 1. The number of carboxylic acid groups (broad SMARTS) is 1. The fraction of sp³-hybridized carbons (Fsp3) is 0.407. The average Bonchev–Trinajstić information content (AvgIpc) is 3.15. The van der Waals surface area contributed by atoms with Gasteiger partial charge in [0.15, 0.2) is 0 Å². The first kappa shape index (κ1) is 28.6. The minimum absolute atomic E-state index is 0.0348. The zero-order valence-corrected chi connectivity index (χ0v) is 21.7. The predicted octanol–water partition coefficient (Wildman–Crippen LogP) is 5.95. The van der Waals surface area contributed by atoms with E-state index in [0.29, 0.717) is 0 Å². The molecule has 0 atom stereocenters. The molecule has 1 aromatic heterocycles. The third-order valence-corrected chi connectivity index (χ3v) is 6.90. The number of alkyl halides is 3. The van der Waals surface area contributed by atoms with Crippen LogP contribution in [0.4, 0.5) is 18.9 Å². The van der Waals surface area contributed by atoms with Gasteiger partial charge in [0, 0.05) is 36.6 Å². The van der Waals surface area contributed by atoms with Crippen LogP contribution in [0.2, 0.25) is 0 Å². The number of carbonyl (C=O) groups excluding carboxylic acids is 1. The van der Waals surface area contributed by atoms with Gasteiger partial charge in [0.2, 0.25) is 0 Å². The molecular formula is C27H32F3N3O3S. The lowest BCUT2D eigenvalue weighted by Crippen LogP contribution is -2.32. The van der Waals surface area contributed by atoms with Crippen molar-refractivity contribution in [3.63, 3.8) is 0 Å². The average molecular weight is 536 g/mol. The monoisotopic (exact) mass is 535 g/mol. The number of hydrogen-bond acceptors (Lipinski definition) is 5. The first-order valence-electron chi connectivity index (χ1n) is 12.1. The summed E-state index contributed by atoms with van der Waals surface area (Å²) in [7, 11) is 0. The van der Waals surface area contributed by atoms with Crippen molar-refractivity contribution in [1.82, 2.24) is 9.80 Å². The van der Waals surface area contributed by atoms with E-state index < -0.39 is 12.1 Å². The molecule has 2 aromatic carbocycles. The standard InChI is InChI=1S/C25H31N3OS.C2HF3O2/c1-19(2)17-27-11-6-12-28(14-13-27)18-20-7-5-9-22(15-20)26-25(29)24-16-21-8-3-4-10-23(21)30-24;3-2(4,5)1(6)7/h3-5,7-10,15-16,19H,6,11-14,17-18H2,1-2H3,(H,26,29);(H,6,7). The van der Waals surface area contributed by atoms with Crippen LogP contribution >= 0.6 is 11.3 Å². The van der Waals surface area contributed by atoms with Crippen LogP contribution in [0.5, 0.6) is 0 Å². The van der Waals surface area contributed by atoms with Gasteiger partial charge in [0.1, 0.15) is 0 Å². The van der Waals surface area contributed by atoms with E-state index in [0.717, 1.165) is 52.7 Å². The summed E-state index contributed by atoms with van der Waals surface area (Å²) in [6, 6.07) is 18.4. The topological polar surface area (TPSA) is 72.9 Å². The highest BCUT2D eigenvalue weighted by Gasteiger charge is 2.38. The van der Waals surface area contributed by atoms with E-state index in [1.807, 2.05) is 36.4 Å². The maximum absolute atomic E-state index is 12.7. The van der Waals surface area contributed by atoms with Gasteiger partial charge < -0.3 is 15.3 Å². The Morgan fingerprint density at radius 3 is 2.35 bits per heavy atom. The van der Waals surface area contributed by atoms with Crippen LogP contribution in [0.1, 0.15) is 35.5 Å². The zero-order valence-electron chi connectivity index (χ0n) is 20.9. The number of amides is 1. The normalized spacial score (nSPS) is 15.2. The Labute approximate surface area is 218 Å². The number of hydrogen-bond donors (Lipinski definition) is 2. The number of rotatable bonds is 6. The summed E-state index contributed by atoms with van der Waals surface area (Å²) in [5, 5.41) is 11.3. The highest BCUT2D eigenvalue weighted by atomic mass is 32.1. The molecule has 0 bridgehead atoms. The minimum Gasteiger partial charge on any atom is -0.475 e. The van der Waals surface area contributed by atoms with Crippen LogP contribution in [-0.2, 0) is 11.3 Å². The Bertz CT molecular complexity index is 1160. The number of benzene rings is 2. The lowest BCUT2D eigenvalue weighted by Gasteiger charge is -2.23. The minimum atomic E-state index is -5.08. The third-order valence-electron chi connectivity index (χ3n) is 5.79. The van der Waals surface area contributed by atoms with E-state index in [1.54, 1.807) is 0 Å². The summed E-state index contributed by atoms with van der Waals surface area (Å²) in [6.07, 6.45) is -3.87. The van der Waals surface area contributed by atoms with Crippen molar-refractivity contribution in [3.05, 3.63) is 65.0 Å². The molecule has 4 rings (SSSR count). The van der Waals surface area contributed by atoms with Crippen LogP contribution in [0.25, 0.3) is 10.1 Å². The Balaban J connectivity index is 0.000000479. The molecule has 6 nitrogen and oxygen atoms in total. The Hall–Kier alpha value is -2.95. The zero-order chi connectivity index (χ0) is 27.0. The molecule has 1 fully saturated rings. The van der Waals surface area contributed by atoms with Gasteiger partial charge in [-0.3, -0.25) is 9.69 Å². The Morgan fingerprint density at radius 2 is 1.68 bits per heavy atom. The van der Waals surface area contributed by atoms with Crippen molar-refractivity contribution in [2.45, 2.75) is 33.0 Å². The molecule has 1 aliphatic heterocycles. The molecule has 1 aliphatic rings. The van der Waals surface area contributed by atoms with Gasteiger partial charge in [-0.15, -0.1) is 11.3 Å². The second kappa shape index (κ2) is 13.0. The smallest absolute Gasteiger partial charge is 0.475 e. The van der Waals surface area contributed by atoms with Crippen molar-refractivity contribution in [2.24, 2.45) is 5.92 Å². The molecule has 0 spiro atoms. The van der Waals surface area contributed by atoms with E-state index in [1.165, 1.54) is 36.4 Å². The second-order valence-corrected chi connectivity index (χ2v) is 10.5. The number of thiophene rings is 1. The number of carboxylic acids is 1. The van der Waals surface area contributed by atoms with Crippen molar-refractivity contribution in [2.75, 3.05) is 38.0 Å². The van der Waals surface area contributed by atoms with Crippen LogP contribution in [0.15, 0.2) is 54.6 Å². The van der Waals surface area contributed by atoms with Crippen LogP contribution in [0, 0.1) is 5.92 Å². The summed E-state index contributed by atoms with van der Waals surface area (Å²) >= 11 is 1.54. The van der Waals surface area contributed by atoms with E-state index in [2.05, 4.69) is 47.2 Å². The van der Waals surface area contributed by atoms with Crippen LogP contribution < -0.4 is 5.32 Å². The lowest BCUT2D eigenvalue weighted by molar-refractivity contribution is -0.192. The van der Waals surface area contributed by atoms with E-state index in [9.17, 15) is 18.0 Å². The molecule has 1 amide bonds. The molecule has 10 heteroatoms. The van der Waals surface area contributed by atoms with E-state index >= 15 is 0 Å². The molecule has 2 N–H and O–H groups in total. The number of halogens is 3. The lowest BCUT2D eigenvalue weighted by atomic mass is 10.1. The molecule has 0 unspecified atom stereocenters. The fourth-order valence-electron chi connectivity index (χ4n) is 4.17. The summed E-state index contributed by atoms with van der Waals surface area (Å²) in [4.78, 5) is 27.5. The van der Waals surface area contributed by atoms with Crippen molar-refractivity contribution in [3.8, 4) is 0 Å². The fourth-order valence-corrected chi connectivity index (χ4v) is 5.13. The Kier molecular flexibility index (Phi) is 10.1. The van der Waals surface area contributed by atoms with Crippen LogP contribution in [0.3, 0.4) is 0 Å². The first-order chi connectivity index (χ1) is 17.5. The highest BCUT2D eigenvalue weighted by molar-refractivity contribution is 7.20. The second-order valence-electron chi connectivity index (χ2n) is 9.43. The molecule has 0 saturated carbocycles. The maximum Gasteiger partial charge on any atom is 0.490 e. The third kappa shape index (κ3) is 9.14. The molecule has 200 valence electrons. The number of nitrogens with zero attached hydrogens (tertiary/aromatic N) is 2. The number of carbonyl (C=O) groups is 2. The molecule has 0 aliphatic carbocycles. The maximum atomic E-state index is 12.7. The quantitative estimate of drug-likeness (QED) is 0.408. The van der Waals surface area contributed by atoms with Gasteiger partial charge in [-0.1, -0.05) is 44.2 Å². The molecule has 37 heavy (non-hydrogen) atoms. The first-order valence-corrected chi connectivity index (χ1v) is 13.0. The number of aliphatic carboxylic acids is 1. The largest absolute Gasteiger partial charge is 0.490 e. The van der Waals surface area contributed by atoms with Crippen molar-refractivity contribution >= 4 is 39.0 Å². The molecular weight excluding hydrogens is 503 g/mol. The van der Waals surface area contributed by atoms with Gasteiger partial charge in [0.25, 0.3) is 5.91 Å². The SMILES string of the molecule is CC(C)CN1CCCN(Cc2cccc(NC(=O)c3cc4ccccc4s3)c2)CC1.O=C(O)C(F)(F)F. The van der Waals surface area contributed by atoms with E-state index in [-0.39, 0.29) is 5.91 Å². The van der Waals surface area contributed by atoms with Gasteiger partial charge in [-0.25, -0.2) is 4.79 Å². The summed E-state index contributed by atoms with van der Waals surface area (Å²) in [6.45, 7) is 11.3. The predicted molar refractivity (Wildman–Crippen MR) is 141 cm³/mol. The van der Waals surface area contributed by atoms with Gasteiger partial charge in [-0.05, 0) is 60.6 Å².